The molecule has 0 amide bonds. The van der Waals surface area contributed by atoms with Crippen molar-refractivity contribution >= 4 is 44.6 Å². The van der Waals surface area contributed by atoms with Gasteiger partial charge in [0.05, 0.1) is 15.9 Å². The molecule has 0 aliphatic carbocycles. The molecule has 0 radical (unpaired) electrons. The summed E-state index contributed by atoms with van der Waals surface area (Å²) in [5.74, 6) is 0.815. The minimum atomic E-state index is 0.208. The number of hydrogen-bond acceptors (Lipinski definition) is 3. The largest absolute Gasteiger partial charge is 0.495 e. The molecule has 0 spiro atoms. The SMILES string of the molecule is COc1cc(NC(C)c2csc(Cl)c2)ccc1Br. The van der Waals surface area contributed by atoms with Crippen LogP contribution in [0.4, 0.5) is 5.69 Å². The van der Waals surface area contributed by atoms with Crippen LogP contribution in [0.3, 0.4) is 0 Å². The van der Waals surface area contributed by atoms with E-state index < -0.39 is 0 Å². The molecule has 1 atom stereocenters. The average molecular weight is 347 g/mol. The quantitative estimate of drug-likeness (QED) is 0.806. The number of ether oxygens (including phenoxy) is 1. The van der Waals surface area contributed by atoms with Gasteiger partial charge >= 0.3 is 0 Å². The Morgan fingerprint density at radius 2 is 2.17 bits per heavy atom. The second-order valence-electron chi connectivity index (χ2n) is 3.90. The molecule has 0 bridgehead atoms. The van der Waals surface area contributed by atoms with Gasteiger partial charge in [0.25, 0.3) is 0 Å². The molecule has 0 saturated carbocycles. The third-order valence-corrected chi connectivity index (χ3v) is 4.39. The summed E-state index contributed by atoms with van der Waals surface area (Å²) in [6.07, 6.45) is 0. The van der Waals surface area contributed by atoms with E-state index in [0.717, 1.165) is 20.2 Å². The molecule has 2 aromatic rings. The number of halogens is 2. The molecule has 1 unspecified atom stereocenters. The van der Waals surface area contributed by atoms with Gasteiger partial charge in [-0.05, 0) is 52.0 Å². The molecule has 96 valence electrons. The van der Waals surface area contributed by atoms with Crippen LogP contribution < -0.4 is 10.1 Å². The van der Waals surface area contributed by atoms with Crippen LogP contribution in [0.15, 0.2) is 34.1 Å². The molecule has 0 aliphatic heterocycles. The van der Waals surface area contributed by atoms with Gasteiger partial charge in [0, 0.05) is 17.8 Å². The maximum absolute atomic E-state index is 5.94. The summed E-state index contributed by atoms with van der Waals surface area (Å²) >= 11 is 10.9. The maximum atomic E-state index is 5.94. The second-order valence-corrected chi connectivity index (χ2v) is 6.30. The molecule has 5 heteroatoms. The van der Waals surface area contributed by atoms with Crippen molar-refractivity contribution in [2.75, 3.05) is 12.4 Å². The normalized spacial score (nSPS) is 12.2. The number of methoxy groups -OCH3 is 1. The van der Waals surface area contributed by atoms with E-state index in [0.29, 0.717) is 0 Å². The molecule has 2 nitrogen and oxygen atoms in total. The predicted molar refractivity (Wildman–Crippen MR) is 82.1 cm³/mol. The Labute approximate surface area is 124 Å². The number of hydrogen-bond donors (Lipinski definition) is 1. The van der Waals surface area contributed by atoms with E-state index in [1.165, 1.54) is 5.56 Å². The molecule has 1 aromatic heterocycles. The first-order valence-corrected chi connectivity index (χ1v) is 7.49. The van der Waals surface area contributed by atoms with E-state index in [2.05, 4.69) is 33.6 Å². The lowest BCUT2D eigenvalue weighted by Crippen LogP contribution is -2.05. The lowest BCUT2D eigenvalue weighted by Gasteiger charge is -2.15. The Kier molecular flexibility index (Phi) is 4.54. The van der Waals surface area contributed by atoms with Crippen LogP contribution >= 0.6 is 38.9 Å². The molecular weight excluding hydrogens is 334 g/mol. The summed E-state index contributed by atoms with van der Waals surface area (Å²) in [6, 6.07) is 8.14. The fraction of sp³-hybridized carbons (Fsp3) is 0.231. The lowest BCUT2D eigenvalue weighted by molar-refractivity contribution is 0.412. The van der Waals surface area contributed by atoms with Gasteiger partial charge in [0.15, 0.2) is 0 Å². The standard InChI is InChI=1S/C13H13BrClNOS/c1-8(9-5-13(15)18-7-9)16-10-3-4-11(14)12(6-10)17-2/h3-8,16H,1-2H3. The number of benzene rings is 1. The van der Waals surface area contributed by atoms with Crippen LogP contribution in [-0.4, -0.2) is 7.11 Å². The topological polar surface area (TPSA) is 21.3 Å². The molecule has 1 N–H and O–H groups in total. The summed E-state index contributed by atoms with van der Waals surface area (Å²) < 4.78 is 7.03. The van der Waals surface area contributed by atoms with E-state index >= 15 is 0 Å². The van der Waals surface area contributed by atoms with Gasteiger partial charge in [0.2, 0.25) is 0 Å². The number of rotatable bonds is 4. The van der Waals surface area contributed by atoms with Crippen molar-refractivity contribution in [2.24, 2.45) is 0 Å². The maximum Gasteiger partial charge on any atom is 0.135 e. The summed E-state index contributed by atoms with van der Waals surface area (Å²) in [5, 5.41) is 5.49. The van der Waals surface area contributed by atoms with Crippen molar-refractivity contribution in [2.45, 2.75) is 13.0 Å². The molecule has 18 heavy (non-hydrogen) atoms. The second kappa shape index (κ2) is 5.95. The minimum Gasteiger partial charge on any atom is -0.495 e. The van der Waals surface area contributed by atoms with E-state index in [4.69, 9.17) is 16.3 Å². The van der Waals surface area contributed by atoms with Gasteiger partial charge in [-0.25, -0.2) is 0 Å². The molecule has 2 rings (SSSR count). The average Bonchev–Trinajstić information content (AvgIpc) is 2.78. The highest BCUT2D eigenvalue weighted by Crippen LogP contribution is 2.31. The zero-order valence-corrected chi connectivity index (χ0v) is 13.2. The van der Waals surface area contributed by atoms with Gasteiger partial charge in [-0.3, -0.25) is 0 Å². The van der Waals surface area contributed by atoms with Gasteiger partial charge in [-0.15, -0.1) is 11.3 Å². The van der Waals surface area contributed by atoms with Crippen LogP contribution in [-0.2, 0) is 0 Å². The van der Waals surface area contributed by atoms with E-state index in [-0.39, 0.29) is 6.04 Å². The number of anilines is 1. The van der Waals surface area contributed by atoms with E-state index in [1.807, 2.05) is 24.3 Å². The van der Waals surface area contributed by atoms with Gasteiger partial charge in [0.1, 0.15) is 5.75 Å². The highest BCUT2D eigenvalue weighted by molar-refractivity contribution is 9.10. The molecule has 0 saturated heterocycles. The Morgan fingerprint density at radius 1 is 1.39 bits per heavy atom. The monoisotopic (exact) mass is 345 g/mol. The first-order valence-electron chi connectivity index (χ1n) is 5.44. The van der Waals surface area contributed by atoms with Crippen molar-refractivity contribution in [1.29, 1.82) is 0 Å². The van der Waals surface area contributed by atoms with Crippen molar-refractivity contribution in [3.63, 3.8) is 0 Å². The van der Waals surface area contributed by atoms with E-state index in [9.17, 15) is 0 Å². The lowest BCUT2D eigenvalue weighted by atomic mass is 10.1. The van der Waals surface area contributed by atoms with Crippen LogP contribution in [0, 0.1) is 0 Å². The van der Waals surface area contributed by atoms with Gasteiger partial charge < -0.3 is 10.1 Å². The Balaban J connectivity index is 2.14. The van der Waals surface area contributed by atoms with E-state index in [1.54, 1.807) is 18.4 Å². The molecule has 0 aliphatic rings. The fourth-order valence-electron chi connectivity index (χ4n) is 1.63. The van der Waals surface area contributed by atoms with Gasteiger partial charge in [-0.1, -0.05) is 11.6 Å². The number of thiophene rings is 1. The first-order chi connectivity index (χ1) is 8.60. The van der Waals surface area contributed by atoms with Crippen molar-refractivity contribution in [3.05, 3.63) is 44.0 Å². The summed E-state index contributed by atoms with van der Waals surface area (Å²) in [5.41, 5.74) is 2.21. The molecule has 0 fully saturated rings. The molecule has 1 heterocycles. The fourth-order valence-corrected chi connectivity index (χ4v) is 3.03. The van der Waals surface area contributed by atoms with Crippen LogP contribution in [0.2, 0.25) is 4.34 Å². The third kappa shape index (κ3) is 3.19. The van der Waals surface area contributed by atoms with Crippen LogP contribution in [0.1, 0.15) is 18.5 Å². The minimum absolute atomic E-state index is 0.208. The predicted octanol–water partition coefficient (Wildman–Crippen LogP) is 5.35. The number of nitrogens with one attached hydrogen (secondary N) is 1. The Bertz CT molecular complexity index is 544. The zero-order valence-electron chi connectivity index (χ0n) is 10.0. The summed E-state index contributed by atoms with van der Waals surface area (Å²) in [7, 11) is 1.66. The van der Waals surface area contributed by atoms with Gasteiger partial charge in [-0.2, -0.15) is 0 Å². The summed E-state index contributed by atoms with van der Waals surface area (Å²) in [4.78, 5) is 0. The Hall–Kier alpha value is -0.710. The summed E-state index contributed by atoms with van der Waals surface area (Å²) in [6.45, 7) is 2.10. The smallest absolute Gasteiger partial charge is 0.135 e. The van der Waals surface area contributed by atoms with Crippen molar-refractivity contribution < 1.29 is 4.74 Å². The first kappa shape index (κ1) is 13.7. The Morgan fingerprint density at radius 3 is 2.78 bits per heavy atom. The van der Waals surface area contributed by atoms with Crippen LogP contribution in [0.5, 0.6) is 5.75 Å². The van der Waals surface area contributed by atoms with Crippen molar-refractivity contribution in [3.8, 4) is 5.75 Å². The highest BCUT2D eigenvalue weighted by Gasteiger charge is 2.09. The molecular formula is C13H13BrClNOS. The zero-order chi connectivity index (χ0) is 13.1. The van der Waals surface area contributed by atoms with Crippen molar-refractivity contribution in [1.82, 2.24) is 0 Å². The molecule has 1 aromatic carbocycles. The highest BCUT2D eigenvalue weighted by atomic mass is 79.9. The van der Waals surface area contributed by atoms with Crippen LogP contribution in [0.25, 0.3) is 0 Å². The third-order valence-electron chi connectivity index (χ3n) is 2.62.